The molecule has 0 atom stereocenters. The van der Waals surface area contributed by atoms with Gasteiger partial charge in [-0.25, -0.2) is 0 Å². The molecule has 0 saturated carbocycles. The molecule has 2 aromatic rings. The molecule has 1 aromatic carbocycles. The summed E-state index contributed by atoms with van der Waals surface area (Å²) in [6.07, 6.45) is 2.23. The number of fused-ring (bicyclic) bond motifs is 1. The van der Waals surface area contributed by atoms with E-state index >= 15 is 0 Å². The minimum absolute atomic E-state index is 0.0727. The summed E-state index contributed by atoms with van der Waals surface area (Å²) >= 11 is 0. The molecule has 1 heterocycles. The van der Waals surface area contributed by atoms with Gasteiger partial charge in [-0.15, -0.1) is 0 Å². The summed E-state index contributed by atoms with van der Waals surface area (Å²) in [4.78, 5) is 0. The number of benzene rings is 1. The summed E-state index contributed by atoms with van der Waals surface area (Å²) in [5.74, 6) is 0. The van der Waals surface area contributed by atoms with E-state index in [1.807, 2.05) is 7.05 Å². The van der Waals surface area contributed by atoms with E-state index in [0.717, 1.165) is 19.7 Å². The highest BCUT2D eigenvalue weighted by Gasteiger charge is 2.11. The summed E-state index contributed by atoms with van der Waals surface area (Å²) in [5.41, 5.74) is 2.55. The SMILES string of the molecule is CNCc1cn(CCOC(C)(C)C)c2ccccc12. The van der Waals surface area contributed by atoms with Gasteiger partial charge >= 0.3 is 0 Å². The lowest BCUT2D eigenvalue weighted by molar-refractivity contribution is -0.00645. The number of nitrogens with zero attached hydrogens (tertiary/aromatic N) is 1. The van der Waals surface area contributed by atoms with Gasteiger partial charge in [-0.05, 0) is 39.4 Å². The van der Waals surface area contributed by atoms with Crippen molar-refractivity contribution in [1.82, 2.24) is 9.88 Å². The lowest BCUT2D eigenvalue weighted by Gasteiger charge is -2.19. The van der Waals surface area contributed by atoms with Crippen LogP contribution in [0, 0.1) is 0 Å². The van der Waals surface area contributed by atoms with Crippen molar-refractivity contribution in [1.29, 1.82) is 0 Å². The number of rotatable bonds is 5. The largest absolute Gasteiger partial charge is 0.374 e. The van der Waals surface area contributed by atoms with Gasteiger partial charge in [0, 0.05) is 30.2 Å². The van der Waals surface area contributed by atoms with Crippen molar-refractivity contribution in [3.05, 3.63) is 36.0 Å². The van der Waals surface area contributed by atoms with Crippen molar-refractivity contribution in [3.63, 3.8) is 0 Å². The van der Waals surface area contributed by atoms with E-state index in [1.165, 1.54) is 16.5 Å². The Hall–Kier alpha value is -1.32. The first kappa shape index (κ1) is 14.1. The number of aromatic nitrogens is 1. The molecular weight excluding hydrogens is 236 g/mol. The first-order chi connectivity index (χ1) is 9.01. The molecule has 0 aliphatic heterocycles. The Balaban J connectivity index is 2.18. The van der Waals surface area contributed by atoms with Crippen molar-refractivity contribution >= 4 is 10.9 Å². The van der Waals surface area contributed by atoms with Gasteiger partial charge in [0.1, 0.15) is 0 Å². The molecular formula is C16H24N2O. The van der Waals surface area contributed by atoms with E-state index in [9.17, 15) is 0 Å². The Morgan fingerprint density at radius 1 is 1.21 bits per heavy atom. The Morgan fingerprint density at radius 3 is 2.63 bits per heavy atom. The summed E-state index contributed by atoms with van der Waals surface area (Å²) < 4.78 is 8.10. The second kappa shape index (κ2) is 5.76. The van der Waals surface area contributed by atoms with E-state index < -0.39 is 0 Å². The molecule has 0 fully saturated rings. The number of hydrogen-bond acceptors (Lipinski definition) is 2. The molecule has 0 unspecified atom stereocenters. The van der Waals surface area contributed by atoms with Gasteiger partial charge in [-0.2, -0.15) is 0 Å². The monoisotopic (exact) mass is 260 g/mol. The minimum Gasteiger partial charge on any atom is -0.374 e. The van der Waals surface area contributed by atoms with Gasteiger partial charge in [-0.3, -0.25) is 0 Å². The molecule has 3 heteroatoms. The zero-order valence-corrected chi connectivity index (χ0v) is 12.4. The average molecular weight is 260 g/mol. The topological polar surface area (TPSA) is 26.2 Å². The molecule has 19 heavy (non-hydrogen) atoms. The Morgan fingerprint density at radius 2 is 1.95 bits per heavy atom. The molecule has 1 N–H and O–H groups in total. The minimum atomic E-state index is -0.0727. The van der Waals surface area contributed by atoms with E-state index in [-0.39, 0.29) is 5.60 Å². The van der Waals surface area contributed by atoms with Gasteiger partial charge in [0.05, 0.1) is 12.2 Å². The van der Waals surface area contributed by atoms with Crippen molar-refractivity contribution < 1.29 is 4.74 Å². The van der Waals surface area contributed by atoms with Crippen LogP contribution in [-0.2, 0) is 17.8 Å². The fourth-order valence-corrected chi connectivity index (χ4v) is 2.29. The smallest absolute Gasteiger partial charge is 0.0652 e. The third kappa shape index (κ3) is 3.58. The Kier molecular flexibility index (Phi) is 4.27. The summed E-state index contributed by atoms with van der Waals surface area (Å²) in [6, 6.07) is 8.54. The van der Waals surface area contributed by atoms with Crippen molar-refractivity contribution in [2.24, 2.45) is 0 Å². The summed E-state index contributed by atoms with van der Waals surface area (Å²) in [5, 5.41) is 4.55. The van der Waals surface area contributed by atoms with Crippen LogP contribution in [0.5, 0.6) is 0 Å². The van der Waals surface area contributed by atoms with Gasteiger partial charge in [0.25, 0.3) is 0 Å². The second-order valence-electron chi connectivity index (χ2n) is 5.86. The van der Waals surface area contributed by atoms with Crippen LogP contribution >= 0.6 is 0 Å². The van der Waals surface area contributed by atoms with Crippen LogP contribution in [0.4, 0.5) is 0 Å². The van der Waals surface area contributed by atoms with Crippen LogP contribution < -0.4 is 5.32 Å². The zero-order valence-electron chi connectivity index (χ0n) is 12.4. The lowest BCUT2D eigenvalue weighted by Crippen LogP contribution is -2.21. The molecule has 2 rings (SSSR count). The number of para-hydroxylation sites is 1. The molecule has 0 radical (unpaired) electrons. The molecule has 0 saturated heterocycles. The molecule has 0 bridgehead atoms. The van der Waals surface area contributed by atoms with E-state index in [0.29, 0.717) is 0 Å². The molecule has 0 aliphatic rings. The van der Waals surface area contributed by atoms with Crippen LogP contribution in [0.25, 0.3) is 10.9 Å². The highest BCUT2D eigenvalue weighted by molar-refractivity contribution is 5.83. The number of nitrogens with one attached hydrogen (secondary N) is 1. The van der Waals surface area contributed by atoms with Crippen molar-refractivity contribution in [2.45, 2.75) is 39.5 Å². The molecule has 0 amide bonds. The Bertz CT molecular complexity index is 537. The molecule has 0 spiro atoms. The Labute approximate surface area is 115 Å². The molecule has 3 nitrogen and oxygen atoms in total. The summed E-state index contributed by atoms with van der Waals surface area (Å²) in [6.45, 7) is 8.80. The molecule has 1 aromatic heterocycles. The predicted molar refractivity (Wildman–Crippen MR) is 80.4 cm³/mol. The average Bonchev–Trinajstić information content (AvgIpc) is 2.68. The van der Waals surface area contributed by atoms with E-state index in [4.69, 9.17) is 4.74 Å². The van der Waals surface area contributed by atoms with Gasteiger partial charge < -0.3 is 14.6 Å². The highest BCUT2D eigenvalue weighted by atomic mass is 16.5. The maximum atomic E-state index is 5.81. The van der Waals surface area contributed by atoms with Crippen molar-refractivity contribution in [2.75, 3.05) is 13.7 Å². The quantitative estimate of drug-likeness (QED) is 0.893. The molecule has 0 aliphatic carbocycles. The third-order valence-corrected chi connectivity index (χ3v) is 3.11. The number of hydrogen-bond donors (Lipinski definition) is 1. The normalized spacial score (nSPS) is 12.2. The first-order valence-electron chi connectivity index (χ1n) is 6.86. The van der Waals surface area contributed by atoms with Crippen molar-refractivity contribution in [3.8, 4) is 0 Å². The van der Waals surface area contributed by atoms with Crippen LogP contribution in [0.3, 0.4) is 0 Å². The maximum absolute atomic E-state index is 5.81. The van der Waals surface area contributed by atoms with Gasteiger partial charge in [-0.1, -0.05) is 18.2 Å². The lowest BCUT2D eigenvalue weighted by atomic mass is 10.2. The maximum Gasteiger partial charge on any atom is 0.0652 e. The van der Waals surface area contributed by atoms with E-state index in [2.05, 4.69) is 61.1 Å². The number of ether oxygens (including phenoxy) is 1. The summed E-state index contributed by atoms with van der Waals surface area (Å²) in [7, 11) is 1.98. The van der Waals surface area contributed by atoms with E-state index in [1.54, 1.807) is 0 Å². The third-order valence-electron chi connectivity index (χ3n) is 3.11. The zero-order chi connectivity index (χ0) is 13.9. The standard InChI is InChI=1S/C16H24N2O/c1-16(2,3)19-10-9-18-12-13(11-17-4)14-7-5-6-8-15(14)18/h5-8,12,17H,9-11H2,1-4H3. The van der Waals surface area contributed by atoms with Crippen LogP contribution in [0.15, 0.2) is 30.5 Å². The van der Waals surface area contributed by atoms with Crippen LogP contribution in [0.2, 0.25) is 0 Å². The van der Waals surface area contributed by atoms with Gasteiger partial charge in [0.2, 0.25) is 0 Å². The fourth-order valence-electron chi connectivity index (χ4n) is 2.29. The second-order valence-corrected chi connectivity index (χ2v) is 5.86. The first-order valence-corrected chi connectivity index (χ1v) is 6.86. The van der Waals surface area contributed by atoms with Gasteiger partial charge in [0.15, 0.2) is 0 Å². The predicted octanol–water partition coefficient (Wildman–Crippen LogP) is 3.18. The van der Waals surface area contributed by atoms with Crippen LogP contribution in [0.1, 0.15) is 26.3 Å². The fraction of sp³-hybridized carbons (Fsp3) is 0.500. The molecule has 104 valence electrons. The van der Waals surface area contributed by atoms with Crippen LogP contribution in [-0.4, -0.2) is 23.8 Å². The highest BCUT2D eigenvalue weighted by Crippen LogP contribution is 2.21.